The first kappa shape index (κ1) is 23.4. The molecule has 0 aliphatic carbocycles. The van der Waals surface area contributed by atoms with Gasteiger partial charge in [0.2, 0.25) is 17.8 Å². The average molecular weight is 497 g/mol. The highest BCUT2D eigenvalue weighted by Gasteiger charge is 2.20. The fourth-order valence-corrected chi connectivity index (χ4v) is 4.99. The first-order valence-corrected chi connectivity index (χ1v) is 13.1. The van der Waals surface area contributed by atoms with Crippen molar-refractivity contribution in [2.75, 3.05) is 54.6 Å². The average Bonchev–Trinajstić information content (AvgIpc) is 3.31. The number of nitrogens with one attached hydrogen (secondary N) is 1. The number of morpholine rings is 1. The molecule has 9 heteroatoms. The van der Waals surface area contributed by atoms with E-state index in [2.05, 4.69) is 79.6 Å². The zero-order valence-corrected chi connectivity index (χ0v) is 21.0. The van der Waals surface area contributed by atoms with Crippen molar-refractivity contribution in [3.05, 3.63) is 71.9 Å². The highest BCUT2D eigenvalue weighted by molar-refractivity contribution is 5.99. The fourth-order valence-electron chi connectivity index (χ4n) is 4.99. The van der Waals surface area contributed by atoms with Crippen LogP contribution in [0.25, 0.3) is 10.9 Å². The van der Waals surface area contributed by atoms with Gasteiger partial charge in [-0.1, -0.05) is 48.5 Å². The molecule has 0 amide bonds. The number of hydrazone groups is 1. The number of benzene rings is 2. The highest BCUT2D eigenvalue weighted by Crippen LogP contribution is 2.23. The maximum atomic E-state index is 5.52. The smallest absolute Gasteiger partial charge is 0.250 e. The van der Waals surface area contributed by atoms with Crippen LogP contribution >= 0.6 is 0 Å². The lowest BCUT2D eigenvalue weighted by molar-refractivity contribution is 0.122. The zero-order chi connectivity index (χ0) is 24.9. The minimum atomic E-state index is 0.460. The number of piperidine rings is 1. The molecule has 0 saturated carbocycles. The summed E-state index contributed by atoms with van der Waals surface area (Å²) >= 11 is 0. The van der Waals surface area contributed by atoms with E-state index in [9.17, 15) is 0 Å². The lowest BCUT2D eigenvalue weighted by atomic mass is 10.1. The van der Waals surface area contributed by atoms with Gasteiger partial charge >= 0.3 is 0 Å². The molecule has 2 fully saturated rings. The first-order valence-electron chi connectivity index (χ1n) is 13.1. The summed E-state index contributed by atoms with van der Waals surface area (Å²) in [6.07, 6.45) is 7.57. The molecular weight excluding hydrogens is 464 g/mol. The summed E-state index contributed by atoms with van der Waals surface area (Å²) in [5.41, 5.74) is 6.56. The van der Waals surface area contributed by atoms with Crippen molar-refractivity contribution in [1.82, 2.24) is 19.5 Å². The molecule has 0 atom stereocenters. The fraction of sp³-hybridized carbons (Fsp3) is 0.357. The van der Waals surface area contributed by atoms with E-state index in [0.29, 0.717) is 31.1 Å². The van der Waals surface area contributed by atoms with Crippen molar-refractivity contribution < 1.29 is 4.74 Å². The number of aromatic nitrogens is 4. The van der Waals surface area contributed by atoms with Crippen molar-refractivity contribution in [2.24, 2.45) is 5.10 Å². The molecular formula is C28H32N8O. The van der Waals surface area contributed by atoms with Gasteiger partial charge in [0.1, 0.15) is 0 Å². The Labute approximate surface area is 216 Å². The van der Waals surface area contributed by atoms with Crippen LogP contribution in [0.15, 0.2) is 65.9 Å². The van der Waals surface area contributed by atoms with Crippen LogP contribution in [-0.2, 0) is 11.3 Å². The topological polar surface area (TPSA) is 83.7 Å². The van der Waals surface area contributed by atoms with Gasteiger partial charge in [-0.3, -0.25) is 0 Å². The highest BCUT2D eigenvalue weighted by atomic mass is 16.5. The Bertz CT molecular complexity index is 1320. The molecule has 2 aliphatic heterocycles. The molecule has 6 rings (SSSR count). The number of para-hydroxylation sites is 1. The molecule has 9 nitrogen and oxygen atoms in total. The van der Waals surface area contributed by atoms with Crippen molar-refractivity contribution in [3.8, 4) is 0 Å². The predicted octanol–water partition coefficient (Wildman–Crippen LogP) is 4.15. The maximum Gasteiger partial charge on any atom is 0.250 e. The SMILES string of the molecule is C(=NNc1nc(N2CCCCC2)nc(N2CCOCC2)n1)c1cn(Cc2ccccc2)c2ccccc12. The Balaban J connectivity index is 1.26. The molecule has 0 unspecified atom stereocenters. The van der Waals surface area contributed by atoms with Gasteiger partial charge < -0.3 is 19.1 Å². The van der Waals surface area contributed by atoms with Gasteiger partial charge in [-0.2, -0.15) is 20.1 Å². The summed E-state index contributed by atoms with van der Waals surface area (Å²) in [5.74, 6) is 1.85. The molecule has 4 aromatic rings. The van der Waals surface area contributed by atoms with Gasteiger partial charge in [-0.25, -0.2) is 5.43 Å². The minimum Gasteiger partial charge on any atom is -0.378 e. The quantitative estimate of drug-likeness (QED) is 0.304. The second-order valence-electron chi connectivity index (χ2n) is 9.49. The van der Waals surface area contributed by atoms with Crippen LogP contribution in [0, 0.1) is 0 Å². The monoisotopic (exact) mass is 496 g/mol. The van der Waals surface area contributed by atoms with Gasteiger partial charge in [0.15, 0.2) is 0 Å². The minimum absolute atomic E-state index is 0.460. The Hall–Kier alpha value is -3.98. The summed E-state index contributed by atoms with van der Waals surface area (Å²) in [6, 6.07) is 18.9. The third-order valence-electron chi connectivity index (χ3n) is 6.93. The van der Waals surface area contributed by atoms with E-state index in [1.807, 2.05) is 12.3 Å². The van der Waals surface area contributed by atoms with Crippen LogP contribution in [0.3, 0.4) is 0 Å². The van der Waals surface area contributed by atoms with Crippen molar-refractivity contribution in [1.29, 1.82) is 0 Å². The molecule has 0 bridgehead atoms. The normalized spacial score (nSPS) is 16.5. The van der Waals surface area contributed by atoms with Gasteiger partial charge in [0.25, 0.3) is 0 Å². The predicted molar refractivity (Wildman–Crippen MR) is 148 cm³/mol. The van der Waals surface area contributed by atoms with Crippen LogP contribution in [0.5, 0.6) is 0 Å². The molecule has 0 spiro atoms. The van der Waals surface area contributed by atoms with E-state index in [-0.39, 0.29) is 0 Å². The molecule has 1 N–H and O–H groups in total. The number of anilines is 3. The number of hydrogen-bond donors (Lipinski definition) is 1. The summed E-state index contributed by atoms with van der Waals surface area (Å²) in [7, 11) is 0. The summed E-state index contributed by atoms with van der Waals surface area (Å²) < 4.78 is 7.79. The summed E-state index contributed by atoms with van der Waals surface area (Å²) in [4.78, 5) is 18.6. The van der Waals surface area contributed by atoms with Gasteiger partial charge in [0.05, 0.1) is 19.4 Å². The Morgan fingerprint density at radius 3 is 2.30 bits per heavy atom. The zero-order valence-electron chi connectivity index (χ0n) is 21.0. The summed E-state index contributed by atoms with van der Waals surface area (Å²) in [6.45, 7) is 5.64. The lowest BCUT2D eigenvalue weighted by Gasteiger charge is -2.30. The van der Waals surface area contributed by atoms with Gasteiger partial charge in [0, 0.05) is 55.4 Å². The molecule has 0 radical (unpaired) electrons. The number of hydrogen-bond acceptors (Lipinski definition) is 8. The van der Waals surface area contributed by atoms with E-state index >= 15 is 0 Å². The standard InChI is InChI=1S/C28H32N8O/c1-3-9-22(10-4-1)20-36-21-23(24-11-5-6-12-25(24)36)19-29-33-26-30-27(34-13-7-2-8-14-34)32-28(31-26)35-15-17-37-18-16-35/h1,3-6,9-12,19,21H,2,7-8,13-18,20H2,(H,30,31,32,33). The third-order valence-corrected chi connectivity index (χ3v) is 6.93. The number of ether oxygens (including phenoxy) is 1. The Morgan fingerprint density at radius 1 is 0.811 bits per heavy atom. The van der Waals surface area contributed by atoms with E-state index in [0.717, 1.165) is 56.5 Å². The number of rotatable bonds is 7. The third kappa shape index (κ3) is 5.41. The molecule has 2 saturated heterocycles. The first-order chi connectivity index (χ1) is 18.3. The molecule has 4 heterocycles. The van der Waals surface area contributed by atoms with E-state index in [4.69, 9.17) is 19.7 Å². The Kier molecular flexibility index (Phi) is 6.94. The van der Waals surface area contributed by atoms with Gasteiger partial charge in [-0.15, -0.1) is 0 Å². The van der Waals surface area contributed by atoms with E-state index in [1.165, 1.54) is 17.5 Å². The van der Waals surface area contributed by atoms with Gasteiger partial charge in [-0.05, 0) is 30.9 Å². The largest absolute Gasteiger partial charge is 0.378 e. The van der Waals surface area contributed by atoms with Crippen LogP contribution in [-0.4, -0.2) is 65.1 Å². The molecule has 2 aromatic carbocycles. The van der Waals surface area contributed by atoms with Crippen molar-refractivity contribution in [3.63, 3.8) is 0 Å². The second kappa shape index (κ2) is 11.0. The molecule has 37 heavy (non-hydrogen) atoms. The number of nitrogens with zero attached hydrogens (tertiary/aromatic N) is 7. The second-order valence-corrected chi connectivity index (χ2v) is 9.49. The van der Waals surface area contributed by atoms with Crippen molar-refractivity contribution >= 4 is 35.0 Å². The molecule has 190 valence electrons. The Morgan fingerprint density at radius 2 is 1.51 bits per heavy atom. The number of fused-ring (bicyclic) bond motifs is 1. The lowest BCUT2D eigenvalue weighted by Crippen LogP contribution is -2.38. The van der Waals surface area contributed by atoms with Crippen LogP contribution in [0.4, 0.5) is 17.8 Å². The van der Waals surface area contributed by atoms with Crippen molar-refractivity contribution in [2.45, 2.75) is 25.8 Å². The van der Waals surface area contributed by atoms with Crippen LogP contribution < -0.4 is 15.2 Å². The summed E-state index contributed by atoms with van der Waals surface area (Å²) in [5, 5.41) is 5.71. The molecule has 2 aromatic heterocycles. The van der Waals surface area contributed by atoms with Crippen LogP contribution in [0.1, 0.15) is 30.4 Å². The van der Waals surface area contributed by atoms with Crippen LogP contribution in [0.2, 0.25) is 0 Å². The maximum absolute atomic E-state index is 5.52. The van der Waals surface area contributed by atoms with E-state index in [1.54, 1.807) is 0 Å². The molecule has 2 aliphatic rings. The van der Waals surface area contributed by atoms with E-state index < -0.39 is 0 Å².